The smallest absolute Gasteiger partial charge is 0.410 e. The molecule has 0 radical (unpaired) electrons. The van der Waals surface area contributed by atoms with Crippen LogP contribution in [0.15, 0.2) is 24.1 Å². The second kappa shape index (κ2) is 6.70. The summed E-state index contributed by atoms with van der Waals surface area (Å²) in [5.74, 6) is -0.231. The minimum Gasteiger partial charge on any atom is -0.444 e. The van der Waals surface area contributed by atoms with Crippen molar-refractivity contribution in [1.82, 2.24) is 4.90 Å². The molecule has 0 spiro atoms. The molecule has 5 heteroatoms. The van der Waals surface area contributed by atoms with Crippen LogP contribution in [0.1, 0.15) is 27.2 Å². The molecular weight excluding hydrogens is 249 g/mol. The lowest BCUT2D eigenvalue weighted by molar-refractivity contribution is 0.0186. The van der Waals surface area contributed by atoms with Crippen LogP contribution in [0.3, 0.4) is 0 Å². The zero-order valence-electron chi connectivity index (χ0n) is 12.0. The van der Waals surface area contributed by atoms with Crippen molar-refractivity contribution in [2.45, 2.75) is 38.9 Å². The lowest BCUT2D eigenvalue weighted by Gasteiger charge is -2.25. The monoisotopic (exact) mass is 271 g/mol. The molecule has 0 aromatic rings. The fraction of sp³-hybridized carbons (Fsp3) is 0.643. The Morgan fingerprint density at radius 2 is 2.21 bits per heavy atom. The van der Waals surface area contributed by atoms with Gasteiger partial charge in [0.05, 0.1) is 12.7 Å². The van der Waals surface area contributed by atoms with Crippen LogP contribution in [0.5, 0.6) is 0 Å². The van der Waals surface area contributed by atoms with Crippen LogP contribution >= 0.6 is 0 Å². The van der Waals surface area contributed by atoms with E-state index >= 15 is 0 Å². The van der Waals surface area contributed by atoms with Gasteiger partial charge in [0.1, 0.15) is 11.4 Å². The van der Waals surface area contributed by atoms with Crippen LogP contribution in [0.4, 0.5) is 9.18 Å². The maximum absolute atomic E-state index is 12.7. The van der Waals surface area contributed by atoms with E-state index < -0.39 is 5.60 Å². The molecule has 0 aromatic heterocycles. The van der Waals surface area contributed by atoms with Crippen molar-refractivity contribution in [2.75, 3.05) is 20.2 Å². The van der Waals surface area contributed by atoms with Gasteiger partial charge in [-0.3, -0.25) is 0 Å². The predicted octanol–water partition coefficient (Wildman–Crippen LogP) is 3.05. The second-order valence-electron chi connectivity index (χ2n) is 5.49. The third-order valence-electron chi connectivity index (χ3n) is 2.48. The molecule has 0 heterocycles. The number of hydrogen-bond acceptors (Lipinski definition) is 3. The first-order chi connectivity index (χ1) is 8.78. The Kier molecular flexibility index (Phi) is 5.54. The van der Waals surface area contributed by atoms with E-state index in [0.29, 0.717) is 19.6 Å². The number of allylic oxidation sites excluding steroid dienone is 2. The Bertz CT molecular complexity index is 371. The van der Waals surface area contributed by atoms with E-state index in [1.165, 1.54) is 17.1 Å². The van der Waals surface area contributed by atoms with E-state index in [1.54, 1.807) is 13.1 Å². The fourth-order valence-corrected chi connectivity index (χ4v) is 1.47. The number of carbonyl (C=O) groups is 1. The van der Waals surface area contributed by atoms with Gasteiger partial charge in [0.15, 0.2) is 0 Å². The van der Waals surface area contributed by atoms with Crippen molar-refractivity contribution < 1.29 is 18.7 Å². The lowest BCUT2D eigenvalue weighted by Crippen LogP contribution is -2.36. The largest absolute Gasteiger partial charge is 0.444 e. The highest BCUT2D eigenvalue weighted by Gasteiger charge is 2.19. The third-order valence-corrected chi connectivity index (χ3v) is 2.48. The molecule has 1 aliphatic carbocycles. The number of halogens is 1. The first kappa shape index (κ1) is 15.7. The highest BCUT2D eigenvalue weighted by molar-refractivity contribution is 5.67. The average molecular weight is 271 g/mol. The Labute approximate surface area is 113 Å². The SMILES string of the molecule is CN(CCOC1C=CC(F)=CC1)C(=O)OC(C)(C)C. The van der Waals surface area contributed by atoms with Gasteiger partial charge in [0.25, 0.3) is 0 Å². The van der Waals surface area contributed by atoms with Crippen molar-refractivity contribution in [2.24, 2.45) is 0 Å². The Balaban J connectivity index is 2.22. The predicted molar refractivity (Wildman–Crippen MR) is 71.6 cm³/mol. The average Bonchev–Trinajstić information content (AvgIpc) is 2.29. The molecule has 0 aromatic carbocycles. The maximum atomic E-state index is 12.7. The zero-order valence-corrected chi connectivity index (χ0v) is 12.0. The molecule has 0 bridgehead atoms. The number of hydrogen-bond donors (Lipinski definition) is 0. The van der Waals surface area contributed by atoms with Crippen molar-refractivity contribution in [1.29, 1.82) is 0 Å². The van der Waals surface area contributed by atoms with Gasteiger partial charge in [-0.1, -0.05) is 6.08 Å². The summed E-state index contributed by atoms with van der Waals surface area (Å²) in [6, 6.07) is 0. The minimum atomic E-state index is -0.499. The Hall–Kier alpha value is -1.36. The molecule has 19 heavy (non-hydrogen) atoms. The summed E-state index contributed by atoms with van der Waals surface area (Å²) in [6.07, 6.45) is 4.60. The van der Waals surface area contributed by atoms with E-state index in [0.717, 1.165) is 0 Å². The number of carbonyl (C=O) groups excluding carboxylic acids is 1. The molecule has 1 aliphatic rings. The summed E-state index contributed by atoms with van der Waals surface area (Å²) in [7, 11) is 1.66. The maximum Gasteiger partial charge on any atom is 0.410 e. The number of ether oxygens (including phenoxy) is 2. The zero-order chi connectivity index (χ0) is 14.5. The van der Waals surface area contributed by atoms with Gasteiger partial charge >= 0.3 is 6.09 Å². The number of nitrogens with zero attached hydrogens (tertiary/aromatic N) is 1. The second-order valence-corrected chi connectivity index (χ2v) is 5.49. The molecule has 0 N–H and O–H groups in total. The molecule has 1 rings (SSSR count). The van der Waals surface area contributed by atoms with Crippen molar-refractivity contribution in [3.63, 3.8) is 0 Å². The Morgan fingerprint density at radius 1 is 1.53 bits per heavy atom. The highest BCUT2D eigenvalue weighted by atomic mass is 19.1. The fourth-order valence-electron chi connectivity index (χ4n) is 1.47. The van der Waals surface area contributed by atoms with Gasteiger partial charge in [0, 0.05) is 13.6 Å². The van der Waals surface area contributed by atoms with Crippen molar-refractivity contribution in [3.8, 4) is 0 Å². The topological polar surface area (TPSA) is 38.8 Å². The van der Waals surface area contributed by atoms with Gasteiger partial charge in [-0.2, -0.15) is 0 Å². The summed E-state index contributed by atoms with van der Waals surface area (Å²) in [5, 5.41) is 0. The normalized spacial score (nSPS) is 19.0. The van der Waals surface area contributed by atoms with Crippen LogP contribution in [-0.2, 0) is 9.47 Å². The summed E-state index contributed by atoms with van der Waals surface area (Å²) in [5.41, 5.74) is -0.499. The molecule has 1 unspecified atom stereocenters. The standard InChI is InChI=1S/C14H22FNO3/c1-14(2,3)19-13(17)16(4)9-10-18-12-7-5-11(15)6-8-12/h5-7,12H,8-10H2,1-4H3. The number of amides is 1. The first-order valence-corrected chi connectivity index (χ1v) is 6.37. The molecule has 108 valence electrons. The van der Waals surface area contributed by atoms with Gasteiger partial charge in [-0.25, -0.2) is 9.18 Å². The Morgan fingerprint density at radius 3 is 2.74 bits per heavy atom. The molecule has 1 amide bonds. The lowest BCUT2D eigenvalue weighted by atomic mass is 10.1. The van der Waals surface area contributed by atoms with Crippen molar-refractivity contribution >= 4 is 6.09 Å². The summed E-state index contributed by atoms with van der Waals surface area (Å²) >= 11 is 0. The van der Waals surface area contributed by atoms with E-state index in [9.17, 15) is 9.18 Å². The minimum absolute atomic E-state index is 0.119. The summed E-state index contributed by atoms with van der Waals surface area (Å²) < 4.78 is 23.5. The van der Waals surface area contributed by atoms with Crippen LogP contribution in [0.25, 0.3) is 0 Å². The summed E-state index contributed by atoms with van der Waals surface area (Å²) in [4.78, 5) is 13.1. The van der Waals surface area contributed by atoms with Gasteiger partial charge in [-0.15, -0.1) is 0 Å². The van der Waals surface area contributed by atoms with E-state index in [1.807, 2.05) is 20.8 Å². The quantitative estimate of drug-likeness (QED) is 0.789. The molecule has 0 aliphatic heterocycles. The van der Waals surface area contributed by atoms with Crippen LogP contribution in [-0.4, -0.2) is 42.9 Å². The van der Waals surface area contributed by atoms with Gasteiger partial charge < -0.3 is 14.4 Å². The molecular formula is C14H22FNO3. The van der Waals surface area contributed by atoms with E-state index in [-0.39, 0.29) is 18.0 Å². The van der Waals surface area contributed by atoms with Gasteiger partial charge in [0.2, 0.25) is 0 Å². The number of rotatable bonds is 4. The van der Waals surface area contributed by atoms with Gasteiger partial charge in [-0.05, 0) is 39.3 Å². The number of likely N-dealkylation sites (N-methyl/N-ethyl adjacent to an activating group) is 1. The van der Waals surface area contributed by atoms with Crippen LogP contribution in [0, 0.1) is 0 Å². The molecule has 0 saturated heterocycles. The first-order valence-electron chi connectivity index (χ1n) is 6.37. The van der Waals surface area contributed by atoms with Crippen LogP contribution < -0.4 is 0 Å². The molecule has 0 saturated carbocycles. The van der Waals surface area contributed by atoms with Crippen molar-refractivity contribution in [3.05, 3.63) is 24.1 Å². The molecule has 1 atom stereocenters. The molecule has 4 nitrogen and oxygen atoms in total. The summed E-state index contributed by atoms with van der Waals surface area (Å²) in [6.45, 7) is 6.29. The third kappa shape index (κ3) is 6.38. The van der Waals surface area contributed by atoms with E-state index in [2.05, 4.69) is 0 Å². The van der Waals surface area contributed by atoms with E-state index in [4.69, 9.17) is 9.47 Å². The molecule has 0 fully saturated rings. The van der Waals surface area contributed by atoms with Crippen LogP contribution in [0.2, 0.25) is 0 Å². The highest BCUT2D eigenvalue weighted by Crippen LogP contribution is 2.14.